The molecule has 4 bridgehead atoms. The molecular weight excluding hydrogens is 328 g/mol. The number of ether oxygens (including phenoxy) is 1. The van der Waals surface area contributed by atoms with Crippen LogP contribution in [0, 0.1) is 40.4 Å². The number of carboxylic acids is 1. The van der Waals surface area contributed by atoms with Crippen LogP contribution < -0.4 is 0 Å². The third-order valence-electron chi connectivity index (χ3n) is 9.90. The van der Waals surface area contributed by atoms with Gasteiger partial charge in [-0.2, -0.15) is 0 Å². The van der Waals surface area contributed by atoms with Crippen LogP contribution in [0.25, 0.3) is 0 Å². The number of hydrogen-bond acceptors (Lipinski definition) is 3. The third-order valence-corrected chi connectivity index (χ3v) is 9.90. The Morgan fingerprint density at radius 1 is 1.15 bits per heavy atom. The number of carbonyl (C=O) groups is 2. The topological polar surface area (TPSA) is 63.6 Å². The highest BCUT2D eigenvalue weighted by atomic mass is 16.5. The maximum absolute atomic E-state index is 13.8. The second-order valence-electron chi connectivity index (χ2n) is 10.6. The van der Waals surface area contributed by atoms with Crippen LogP contribution in [0.1, 0.15) is 72.1 Å². The number of carbonyl (C=O) groups excluding carboxylic acids is 1. The Balaban J connectivity index is 1.58. The molecule has 0 aromatic rings. The molecule has 2 saturated heterocycles. The van der Waals surface area contributed by atoms with Gasteiger partial charge < -0.3 is 9.84 Å². The lowest BCUT2D eigenvalue weighted by atomic mass is 9.40. The molecule has 26 heavy (non-hydrogen) atoms. The van der Waals surface area contributed by atoms with Gasteiger partial charge in [0.2, 0.25) is 0 Å². The summed E-state index contributed by atoms with van der Waals surface area (Å²) in [4.78, 5) is 25.5. The summed E-state index contributed by atoms with van der Waals surface area (Å²) in [5.41, 5.74) is -0.740. The number of ketones is 1. The quantitative estimate of drug-likeness (QED) is 0.806. The number of rotatable bonds is 2. The molecule has 6 aliphatic rings. The van der Waals surface area contributed by atoms with Crippen molar-refractivity contribution in [3.63, 3.8) is 0 Å². The molecule has 9 atom stereocenters. The molecule has 2 heterocycles. The molecule has 4 saturated carbocycles. The fraction of sp³-hybridized carbons (Fsp3) is 0.909. The first kappa shape index (κ1) is 17.2. The van der Waals surface area contributed by atoms with E-state index in [0.29, 0.717) is 30.0 Å². The van der Waals surface area contributed by atoms with Gasteiger partial charge in [-0.25, -0.2) is 0 Å². The van der Waals surface area contributed by atoms with Crippen LogP contribution in [-0.4, -0.2) is 28.6 Å². The van der Waals surface area contributed by atoms with Crippen LogP contribution in [0.15, 0.2) is 0 Å². The van der Waals surface area contributed by atoms with Crippen molar-refractivity contribution in [3.05, 3.63) is 0 Å². The van der Waals surface area contributed by atoms with Crippen LogP contribution in [0.5, 0.6) is 0 Å². The fourth-order valence-corrected chi connectivity index (χ4v) is 8.65. The molecule has 1 N–H and O–H groups in total. The number of aliphatic carboxylic acids is 1. The standard InChI is InChI=1S/C22H32O4/c1-12(19(24)25)15-6-7-16-17-5-4-13-10-14-8-9-21(13,3)22(17,26-14)18(23)11-20(15,16)2/h12-17H,4-11H2,1-3H3,(H,24,25)/t12-,13+,14+,15-,16-,17+,20+,21-,22-/m0/s1. The average Bonchev–Trinajstić information content (AvgIpc) is 2.90. The SMILES string of the molecule is C[C@H](C(=O)O)[C@@H]1CC[C@H]2[C@H]3CC[C@@H]4C[C@H]5CC[C@]4(C)[C@@]3(O5)C(=O)C[C@]12C. The molecule has 0 radical (unpaired) electrons. The maximum Gasteiger partial charge on any atom is 0.306 e. The molecule has 0 amide bonds. The maximum atomic E-state index is 13.8. The minimum absolute atomic E-state index is 0.000416. The van der Waals surface area contributed by atoms with Crippen LogP contribution in [0.3, 0.4) is 0 Å². The van der Waals surface area contributed by atoms with E-state index in [1.54, 1.807) is 0 Å². The van der Waals surface area contributed by atoms with Gasteiger partial charge in [0.05, 0.1) is 12.0 Å². The molecule has 0 aromatic carbocycles. The fourth-order valence-electron chi connectivity index (χ4n) is 8.65. The second-order valence-corrected chi connectivity index (χ2v) is 10.6. The van der Waals surface area contributed by atoms with Crippen molar-refractivity contribution in [2.24, 2.45) is 40.4 Å². The van der Waals surface area contributed by atoms with Crippen molar-refractivity contribution < 1.29 is 19.4 Å². The van der Waals surface area contributed by atoms with Crippen molar-refractivity contribution >= 4 is 11.8 Å². The van der Waals surface area contributed by atoms with Gasteiger partial charge >= 0.3 is 5.97 Å². The predicted octanol–water partition coefficient (Wildman–Crippen LogP) is 4.07. The summed E-state index contributed by atoms with van der Waals surface area (Å²) in [6.07, 6.45) is 8.48. The lowest BCUT2D eigenvalue weighted by Gasteiger charge is -2.70. The van der Waals surface area contributed by atoms with Crippen LogP contribution >= 0.6 is 0 Å². The van der Waals surface area contributed by atoms with Gasteiger partial charge in [-0.15, -0.1) is 0 Å². The Hall–Kier alpha value is -0.900. The highest BCUT2D eigenvalue weighted by Gasteiger charge is 2.74. The lowest BCUT2D eigenvalue weighted by molar-refractivity contribution is -0.307. The molecule has 1 spiro atoms. The Kier molecular flexibility index (Phi) is 3.39. The molecule has 144 valence electrons. The van der Waals surface area contributed by atoms with Crippen molar-refractivity contribution in [1.29, 1.82) is 0 Å². The van der Waals surface area contributed by atoms with Gasteiger partial charge in [-0.05, 0) is 74.0 Å². The van der Waals surface area contributed by atoms with Gasteiger partial charge in [0.25, 0.3) is 0 Å². The zero-order valence-electron chi connectivity index (χ0n) is 16.3. The first-order valence-corrected chi connectivity index (χ1v) is 10.7. The molecule has 4 heteroatoms. The van der Waals surface area contributed by atoms with Crippen molar-refractivity contribution in [3.8, 4) is 0 Å². The van der Waals surface area contributed by atoms with E-state index in [4.69, 9.17) is 4.74 Å². The van der Waals surface area contributed by atoms with Gasteiger partial charge in [0, 0.05) is 11.8 Å². The summed E-state index contributed by atoms with van der Waals surface area (Å²) in [7, 11) is 0. The molecule has 4 aliphatic carbocycles. The molecule has 6 rings (SSSR count). The van der Waals surface area contributed by atoms with Crippen molar-refractivity contribution in [2.75, 3.05) is 0 Å². The van der Waals surface area contributed by atoms with E-state index >= 15 is 0 Å². The van der Waals surface area contributed by atoms with Crippen molar-refractivity contribution in [1.82, 2.24) is 0 Å². The number of fused-ring (bicyclic) bond motifs is 3. The summed E-state index contributed by atoms with van der Waals surface area (Å²) in [5.74, 6) is 0.693. The molecule has 6 fully saturated rings. The summed E-state index contributed by atoms with van der Waals surface area (Å²) < 4.78 is 6.69. The first-order chi connectivity index (χ1) is 12.2. The zero-order chi connectivity index (χ0) is 18.5. The van der Waals surface area contributed by atoms with Crippen LogP contribution in [-0.2, 0) is 14.3 Å². The largest absolute Gasteiger partial charge is 0.481 e. The van der Waals surface area contributed by atoms with Crippen molar-refractivity contribution in [2.45, 2.75) is 83.8 Å². The predicted molar refractivity (Wildman–Crippen MR) is 96.5 cm³/mol. The van der Waals surface area contributed by atoms with Crippen LogP contribution in [0.2, 0.25) is 0 Å². The minimum Gasteiger partial charge on any atom is -0.481 e. The van der Waals surface area contributed by atoms with Gasteiger partial charge in [-0.3, -0.25) is 9.59 Å². The van der Waals surface area contributed by atoms with Gasteiger partial charge in [0.15, 0.2) is 5.78 Å². The third kappa shape index (κ3) is 1.76. The van der Waals surface area contributed by atoms with E-state index in [-0.39, 0.29) is 28.8 Å². The first-order valence-electron chi connectivity index (χ1n) is 10.7. The second kappa shape index (κ2) is 5.12. The van der Waals surface area contributed by atoms with Crippen LogP contribution in [0.4, 0.5) is 0 Å². The zero-order valence-corrected chi connectivity index (χ0v) is 16.3. The van der Waals surface area contributed by atoms with E-state index in [9.17, 15) is 14.7 Å². The van der Waals surface area contributed by atoms with E-state index in [1.807, 2.05) is 6.92 Å². The lowest BCUT2D eigenvalue weighted by Crippen LogP contribution is -2.75. The molecular formula is C22H32O4. The van der Waals surface area contributed by atoms with Gasteiger partial charge in [-0.1, -0.05) is 20.8 Å². The smallest absolute Gasteiger partial charge is 0.306 e. The van der Waals surface area contributed by atoms with E-state index in [1.165, 1.54) is 6.42 Å². The summed E-state index contributed by atoms with van der Waals surface area (Å²) in [6, 6.07) is 0. The van der Waals surface area contributed by atoms with E-state index in [2.05, 4.69) is 13.8 Å². The summed E-state index contributed by atoms with van der Waals surface area (Å²) in [5, 5.41) is 9.60. The van der Waals surface area contributed by atoms with Gasteiger partial charge in [0.1, 0.15) is 5.60 Å². The molecule has 2 aliphatic heterocycles. The molecule has 0 unspecified atom stereocenters. The Labute approximate surface area is 156 Å². The normalized spacial score (nSPS) is 56.0. The molecule has 4 nitrogen and oxygen atoms in total. The Morgan fingerprint density at radius 2 is 1.88 bits per heavy atom. The highest BCUT2D eigenvalue weighted by molar-refractivity contribution is 5.91. The Morgan fingerprint density at radius 3 is 2.62 bits per heavy atom. The number of carboxylic acid groups (broad SMARTS) is 1. The number of Topliss-reactive ketones (excluding diaryl/α,β-unsaturated/α-hetero) is 1. The average molecular weight is 360 g/mol. The summed E-state index contributed by atoms with van der Waals surface area (Å²) in [6.45, 7) is 6.40. The van der Waals surface area contributed by atoms with E-state index in [0.717, 1.165) is 38.5 Å². The summed E-state index contributed by atoms with van der Waals surface area (Å²) >= 11 is 0. The highest BCUT2D eigenvalue weighted by Crippen LogP contribution is 2.72. The van der Waals surface area contributed by atoms with E-state index < -0.39 is 11.6 Å². The Bertz CT molecular complexity index is 673. The monoisotopic (exact) mass is 360 g/mol. The minimum atomic E-state index is -0.715. The molecule has 0 aromatic heterocycles. The number of hydrogen-bond donors (Lipinski definition) is 1.